The van der Waals surface area contributed by atoms with Crippen LogP contribution in [0.3, 0.4) is 0 Å². The highest BCUT2D eigenvalue weighted by Crippen LogP contribution is 2.15. The van der Waals surface area contributed by atoms with Crippen molar-refractivity contribution in [1.29, 1.82) is 0 Å². The summed E-state index contributed by atoms with van der Waals surface area (Å²) < 4.78 is 0. The summed E-state index contributed by atoms with van der Waals surface area (Å²) in [5, 5.41) is 2.65. The first-order valence-electron chi connectivity index (χ1n) is 5.24. The van der Waals surface area contributed by atoms with E-state index in [4.69, 9.17) is 0 Å². The largest absolute Gasteiger partial charge is 0.341 e. The van der Waals surface area contributed by atoms with E-state index in [1.807, 2.05) is 18.7 Å². The number of carbonyl (C=O) groups excluding carboxylic acids is 1. The fourth-order valence-electron chi connectivity index (χ4n) is 1.54. The van der Waals surface area contributed by atoms with Gasteiger partial charge in [0.1, 0.15) is 0 Å². The third-order valence-corrected chi connectivity index (χ3v) is 2.28. The van der Waals surface area contributed by atoms with Crippen molar-refractivity contribution in [3.8, 4) is 0 Å². The number of carbonyl (C=O) groups is 1. The van der Waals surface area contributed by atoms with E-state index in [0.29, 0.717) is 6.04 Å². The summed E-state index contributed by atoms with van der Waals surface area (Å²) in [6, 6.07) is 0.487. The number of hydrogen-bond acceptors (Lipinski definition) is 1. The van der Waals surface area contributed by atoms with Gasteiger partial charge in [-0.05, 0) is 26.2 Å². The molecular weight excluding hydrogens is 164 g/mol. The van der Waals surface area contributed by atoms with E-state index in [1.54, 1.807) is 7.05 Å². The molecule has 1 heterocycles. The number of piperidine rings is 1. The van der Waals surface area contributed by atoms with Crippen molar-refractivity contribution in [3.63, 3.8) is 0 Å². The average molecular weight is 188 g/mol. The van der Waals surface area contributed by atoms with E-state index in [-0.39, 0.29) is 7.46 Å². The molecule has 3 heteroatoms. The molecule has 1 aliphatic rings. The Morgan fingerprint density at radius 1 is 1.46 bits per heavy atom. The monoisotopic (exact) mass is 188 g/mol. The summed E-state index contributed by atoms with van der Waals surface area (Å²) in [5.74, 6) is 0. The van der Waals surface area contributed by atoms with E-state index in [9.17, 15) is 4.79 Å². The van der Waals surface area contributed by atoms with Gasteiger partial charge >= 0.3 is 6.03 Å². The molecule has 0 radical (unpaired) electrons. The maximum absolute atomic E-state index is 11.2. The van der Waals surface area contributed by atoms with Gasteiger partial charge in [0.2, 0.25) is 0 Å². The van der Waals surface area contributed by atoms with Gasteiger partial charge in [-0.3, -0.25) is 0 Å². The van der Waals surface area contributed by atoms with E-state index >= 15 is 0 Å². The SMILES string of the molecule is CC.CNC(=O)N1CCCCC1C.[HH]. The number of amides is 2. The molecule has 1 rings (SSSR count). The highest BCUT2D eigenvalue weighted by Gasteiger charge is 2.21. The molecule has 80 valence electrons. The van der Waals surface area contributed by atoms with Crippen molar-refractivity contribution in [2.45, 2.75) is 46.1 Å². The Labute approximate surface area is 83.0 Å². The molecule has 1 aliphatic heterocycles. The predicted octanol–water partition coefficient (Wildman–Crippen LogP) is 2.47. The van der Waals surface area contributed by atoms with Crippen molar-refractivity contribution in [1.82, 2.24) is 10.2 Å². The van der Waals surface area contributed by atoms with E-state index in [1.165, 1.54) is 6.42 Å². The molecule has 1 N–H and O–H groups in total. The molecule has 1 fully saturated rings. The fourth-order valence-corrected chi connectivity index (χ4v) is 1.54. The predicted molar refractivity (Wildman–Crippen MR) is 57.9 cm³/mol. The standard InChI is InChI=1S/C8H16N2O.C2H6.H2/c1-7-5-3-4-6-10(7)8(11)9-2;1-2;/h7H,3-6H2,1-2H3,(H,9,11);1-2H3;1H. The summed E-state index contributed by atoms with van der Waals surface area (Å²) in [7, 11) is 1.68. The first-order chi connectivity index (χ1) is 6.25. The van der Waals surface area contributed by atoms with E-state index < -0.39 is 0 Å². The Kier molecular flexibility index (Phi) is 6.37. The highest BCUT2D eigenvalue weighted by molar-refractivity contribution is 5.74. The van der Waals surface area contributed by atoms with Crippen LogP contribution in [0.4, 0.5) is 4.79 Å². The van der Waals surface area contributed by atoms with Gasteiger partial charge in [-0.2, -0.15) is 0 Å². The minimum atomic E-state index is 0. The van der Waals surface area contributed by atoms with Crippen LogP contribution < -0.4 is 5.32 Å². The lowest BCUT2D eigenvalue weighted by Gasteiger charge is -2.32. The van der Waals surface area contributed by atoms with Crippen LogP contribution in [-0.4, -0.2) is 30.6 Å². The van der Waals surface area contributed by atoms with Gasteiger partial charge in [-0.15, -0.1) is 0 Å². The van der Waals surface area contributed by atoms with Crippen LogP contribution in [0.5, 0.6) is 0 Å². The topological polar surface area (TPSA) is 32.3 Å². The second kappa shape index (κ2) is 6.75. The molecule has 0 aliphatic carbocycles. The Balaban J connectivity index is 0. The second-order valence-electron chi connectivity index (χ2n) is 3.09. The number of nitrogens with one attached hydrogen (secondary N) is 1. The number of likely N-dealkylation sites (tertiary alicyclic amines) is 1. The molecule has 1 saturated heterocycles. The zero-order valence-electron chi connectivity index (χ0n) is 9.26. The summed E-state index contributed by atoms with van der Waals surface area (Å²) in [5.41, 5.74) is 0. The van der Waals surface area contributed by atoms with Gasteiger partial charge in [0.15, 0.2) is 0 Å². The van der Waals surface area contributed by atoms with Gasteiger partial charge < -0.3 is 10.2 Å². The van der Waals surface area contributed by atoms with Crippen LogP contribution in [0.25, 0.3) is 0 Å². The van der Waals surface area contributed by atoms with Crippen molar-refractivity contribution >= 4 is 6.03 Å². The lowest BCUT2D eigenvalue weighted by molar-refractivity contribution is 0.160. The summed E-state index contributed by atoms with van der Waals surface area (Å²) in [4.78, 5) is 13.1. The quantitative estimate of drug-likeness (QED) is 0.622. The van der Waals surface area contributed by atoms with Crippen LogP contribution in [-0.2, 0) is 0 Å². The number of urea groups is 1. The maximum atomic E-state index is 11.2. The van der Waals surface area contributed by atoms with Crippen LogP contribution in [0.15, 0.2) is 0 Å². The van der Waals surface area contributed by atoms with Crippen LogP contribution in [0.2, 0.25) is 0 Å². The van der Waals surface area contributed by atoms with Crippen molar-refractivity contribution in [3.05, 3.63) is 0 Å². The third-order valence-electron chi connectivity index (χ3n) is 2.28. The first kappa shape index (κ1) is 12.3. The number of rotatable bonds is 0. The maximum Gasteiger partial charge on any atom is 0.317 e. The fraction of sp³-hybridized carbons (Fsp3) is 0.900. The van der Waals surface area contributed by atoms with Crippen molar-refractivity contribution < 1.29 is 6.22 Å². The normalized spacial score (nSPS) is 21.5. The lowest BCUT2D eigenvalue weighted by atomic mass is 10.0. The molecule has 1 atom stereocenters. The molecule has 0 saturated carbocycles. The third kappa shape index (κ3) is 3.66. The first-order valence-corrected chi connectivity index (χ1v) is 5.24. The van der Waals surface area contributed by atoms with Gasteiger partial charge in [-0.1, -0.05) is 13.8 Å². The lowest BCUT2D eigenvalue weighted by Crippen LogP contribution is -2.46. The van der Waals surface area contributed by atoms with E-state index in [2.05, 4.69) is 12.2 Å². The molecule has 13 heavy (non-hydrogen) atoms. The summed E-state index contributed by atoms with van der Waals surface area (Å²) in [6.45, 7) is 7.02. The number of nitrogens with zero attached hydrogens (tertiary/aromatic N) is 1. The van der Waals surface area contributed by atoms with Gasteiger partial charge in [0.25, 0.3) is 0 Å². The Hall–Kier alpha value is -0.730. The summed E-state index contributed by atoms with van der Waals surface area (Å²) >= 11 is 0. The molecule has 3 nitrogen and oxygen atoms in total. The minimum absolute atomic E-state index is 0. The second-order valence-corrected chi connectivity index (χ2v) is 3.09. The zero-order valence-corrected chi connectivity index (χ0v) is 9.26. The molecular formula is C10H24N2O. The number of hydrogen-bond donors (Lipinski definition) is 1. The molecule has 1 unspecified atom stereocenters. The molecule has 0 aromatic heterocycles. The van der Waals surface area contributed by atoms with E-state index in [0.717, 1.165) is 19.4 Å². The van der Waals surface area contributed by atoms with Gasteiger partial charge in [-0.25, -0.2) is 4.79 Å². The molecule has 0 aromatic rings. The van der Waals surface area contributed by atoms with Crippen molar-refractivity contribution in [2.24, 2.45) is 0 Å². The average Bonchev–Trinajstić information content (AvgIpc) is 2.20. The van der Waals surface area contributed by atoms with Crippen molar-refractivity contribution in [2.75, 3.05) is 13.6 Å². The smallest absolute Gasteiger partial charge is 0.317 e. The van der Waals surface area contributed by atoms with Gasteiger partial charge in [0.05, 0.1) is 0 Å². The summed E-state index contributed by atoms with van der Waals surface area (Å²) in [6.07, 6.45) is 3.56. The van der Waals surface area contributed by atoms with Crippen LogP contribution >= 0.6 is 0 Å². The molecule has 0 bridgehead atoms. The molecule has 0 aromatic carbocycles. The molecule has 0 spiro atoms. The van der Waals surface area contributed by atoms with Crippen LogP contribution in [0.1, 0.15) is 41.5 Å². The Morgan fingerprint density at radius 2 is 2.08 bits per heavy atom. The van der Waals surface area contributed by atoms with Gasteiger partial charge in [0, 0.05) is 21.1 Å². The highest BCUT2D eigenvalue weighted by atomic mass is 16.2. The minimum Gasteiger partial charge on any atom is -0.341 e. The zero-order chi connectivity index (χ0) is 10.3. The van der Waals surface area contributed by atoms with Crippen LogP contribution in [0, 0.1) is 0 Å². The molecule has 2 amide bonds. The Bertz CT molecular complexity index is 153. The Morgan fingerprint density at radius 3 is 2.54 bits per heavy atom.